The quantitative estimate of drug-likeness (QED) is 0.301. The average Bonchev–Trinajstić information content (AvgIpc) is 2.83. The molecule has 0 aliphatic carbocycles. The van der Waals surface area contributed by atoms with Crippen LogP contribution in [-0.2, 0) is 4.79 Å². The van der Waals surface area contributed by atoms with Gasteiger partial charge in [-0.15, -0.1) is 6.58 Å². The van der Waals surface area contributed by atoms with Gasteiger partial charge < -0.3 is 4.90 Å². The van der Waals surface area contributed by atoms with Crippen LogP contribution in [0.1, 0.15) is 68.4 Å². The second-order valence-electron chi connectivity index (χ2n) is 10.1. The van der Waals surface area contributed by atoms with E-state index in [-0.39, 0.29) is 29.8 Å². The first kappa shape index (κ1) is 25.5. The van der Waals surface area contributed by atoms with Crippen molar-refractivity contribution in [2.45, 2.75) is 51.6 Å². The fourth-order valence-electron chi connectivity index (χ4n) is 5.55. The molecule has 4 atom stereocenters. The fraction of sp³-hybridized carbons (Fsp3) is 0.333. The third-order valence-corrected chi connectivity index (χ3v) is 7.59. The summed E-state index contributed by atoms with van der Waals surface area (Å²) in [5.74, 6) is 0.303. The van der Waals surface area contributed by atoms with Crippen LogP contribution in [0.4, 0.5) is 0 Å². The molecule has 5 heteroatoms. The molecule has 1 amide bonds. The number of piperidine rings is 1. The zero-order chi connectivity index (χ0) is 25.2. The Morgan fingerprint density at radius 2 is 1.80 bits per heavy atom. The summed E-state index contributed by atoms with van der Waals surface area (Å²) in [4.78, 5) is 21.2. The summed E-state index contributed by atoms with van der Waals surface area (Å²) < 4.78 is 0. The van der Waals surface area contributed by atoms with Crippen LogP contribution in [0.3, 0.4) is 0 Å². The predicted octanol–water partition coefficient (Wildman–Crippen LogP) is 8.43. The topological polar surface area (TPSA) is 33.2 Å². The van der Waals surface area contributed by atoms with Crippen molar-refractivity contribution in [3.05, 3.63) is 112 Å². The van der Waals surface area contributed by atoms with E-state index in [0.29, 0.717) is 22.9 Å². The summed E-state index contributed by atoms with van der Waals surface area (Å²) in [6.07, 6.45) is 4.95. The van der Waals surface area contributed by atoms with Gasteiger partial charge in [-0.05, 0) is 66.3 Å². The van der Waals surface area contributed by atoms with Crippen LogP contribution in [0.15, 0.2) is 85.6 Å². The van der Waals surface area contributed by atoms with Gasteiger partial charge in [-0.25, -0.2) is 0 Å². The number of carbonyl (C=O) groups excluding carboxylic acids is 1. The lowest BCUT2D eigenvalue weighted by Crippen LogP contribution is -2.54. The summed E-state index contributed by atoms with van der Waals surface area (Å²) in [6, 6.07) is 21.4. The Bertz CT molecular complexity index is 1180. The van der Waals surface area contributed by atoms with E-state index >= 15 is 0 Å². The normalized spacial score (nSPS) is 23.4. The van der Waals surface area contributed by atoms with Gasteiger partial charge in [0.05, 0.1) is 23.2 Å². The minimum Gasteiger partial charge on any atom is -0.326 e. The third kappa shape index (κ3) is 5.17. The number of benzene rings is 2. The molecule has 35 heavy (non-hydrogen) atoms. The number of likely N-dealkylation sites (tertiary alicyclic amines) is 1. The molecule has 0 bridgehead atoms. The van der Waals surface area contributed by atoms with Gasteiger partial charge in [0.2, 0.25) is 5.91 Å². The van der Waals surface area contributed by atoms with Crippen molar-refractivity contribution in [2.24, 2.45) is 11.3 Å². The summed E-state index contributed by atoms with van der Waals surface area (Å²) in [7, 11) is 0. The zero-order valence-corrected chi connectivity index (χ0v) is 22.0. The van der Waals surface area contributed by atoms with E-state index in [1.54, 1.807) is 6.20 Å². The zero-order valence-electron chi connectivity index (χ0n) is 20.5. The molecule has 2 aromatic carbocycles. The maximum absolute atomic E-state index is 14.4. The van der Waals surface area contributed by atoms with Gasteiger partial charge in [-0.3, -0.25) is 9.78 Å². The van der Waals surface area contributed by atoms with Gasteiger partial charge in [0.15, 0.2) is 0 Å². The number of carbonyl (C=O) groups is 1. The maximum atomic E-state index is 14.4. The molecule has 0 unspecified atom stereocenters. The Labute approximate surface area is 218 Å². The van der Waals surface area contributed by atoms with Gasteiger partial charge in [0, 0.05) is 22.2 Å². The second kappa shape index (κ2) is 10.6. The van der Waals surface area contributed by atoms with Gasteiger partial charge in [-0.2, -0.15) is 0 Å². The smallest absolute Gasteiger partial charge is 0.229 e. The third-order valence-electron chi connectivity index (χ3n) is 7.11. The number of halogens is 2. The van der Waals surface area contributed by atoms with Crippen molar-refractivity contribution in [2.75, 3.05) is 0 Å². The van der Waals surface area contributed by atoms with Crippen molar-refractivity contribution < 1.29 is 4.79 Å². The van der Waals surface area contributed by atoms with E-state index in [1.807, 2.05) is 66.7 Å². The molecule has 1 aliphatic heterocycles. The number of aromatic nitrogens is 1. The molecule has 3 nitrogen and oxygen atoms in total. The molecular formula is C30H32Cl2N2O. The molecule has 2 heterocycles. The lowest BCUT2D eigenvalue weighted by atomic mass is 9.66. The van der Waals surface area contributed by atoms with Crippen molar-refractivity contribution in [1.82, 2.24) is 9.88 Å². The molecule has 0 saturated carbocycles. The Morgan fingerprint density at radius 1 is 1.06 bits per heavy atom. The molecule has 1 fully saturated rings. The number of hydrogen-bond donors (Lipinski definition) is 0. The monoisotopic (exact) mass is 506 g/mol. The van der Waals surface area contributed by atoms with Gasteiger partial charge in [0.25, 0.3) is 0 Å². The number of nitrogens with zero attached hydrogens (tertiary/aromatic N) is 2. The van der Waals surface area contributed by atoms with Crippen LogP contribution in [0.5, 0.6) is 0 Å². The highest BCUT2D eigenvalue weighted by molar-refractivity contribution is 6.30. The van der Waals surface area contributed by atoms with E-state index in [4.69, 9.17) is 28.2 Å². The van der Waals surface area contributed by atoms with Gasteiger partial charge >= 0.3 is 0 Å². The SMILES string of the molecule is C=CC[C@@]1(C)C[C@H](c2cccc(Cl)c2)[C@@H](c2ccc(Cl)cc2)N([C@@H](c2ccccn2)C(C)C)C1=O. The highest BCUT2D eigenvalue weighted by atomic mass is 35.5. The lowest BCUT2D eigenvalue weighted by Gasteiger charge is -2.52. The minimum atomic E-state index is -0.598. The summed E-state index contributed by atoms with van der Waals surface area (Å²) in [5, 5.41) is 1.36. The second-order valence-corrected chi connectivity index (χ2v) is 10.9. The maximum Gasteiger partial charge on any atom is 0.229 e. The Balaban J connectivity index is 1.97. The first-order chi connectivity index (χ1) is 16.7. The van der Waals surface area contributed by atoms with Crippen molar-refractivity contribution in [3.63, 3.8) is 0 Å². The van der Waals surface area contributed by atoms with Crippen molar-refractivity contribution in [1.29, 1.82) is 0 Å². The van der Waals surface area contributed by atoms with Crippen LogP contribution in [0.2, 0.25) is 10.0 Å². The largest absolute Gasteiger partial charge is 0.326 e. The molecule has 182 valence electrons. The summed E-state index contributed by atoms with van der Waals surface area (Å²) >= 11 is 12.7. The van der Waals surface area contributed by atoms with E-state index in [1.165, 1.54) is 0 Å². The Morgan fingerprint density at radius 3 is 2.40 bits per heavy atom. The fourth-order valence-corrected chi connectivity index (χ4v) is 5.88. The highest BCUT2D eigenvalue weighted by Crippen LogP contribution is 2.54. The molecular weight excluding hydrogens is 475 g/mol. The first-order valence-corrected chi connectivity index (χ1v) is 12.9. The number of pyridine rings is 1. The molecule has 0 N–H and O–H groups in total. The number of allylic oxidation sites excluding steroid dienone is 1. The van der Waals surface area contributed by atoms with E-state index < -0.39 is 5.41 Å². The summed E-state index contributed by atoms with van der Waals surface area (Å²) in [5.41, 5.74) is 2.46. The lowest BCUT2D eigenvalue weighted by molar-refractivity contribution is -0.156. The molecule has 0 radical (unpaired) electrons. The molecule has 4 rings (SSSR count). The van der Waals surface area contributed by atoms with Gasteiger partial charge in [-0.1, -0.05) is 80.4 Å². The van der Waals surface area contributed by atoms with E-state index in [2.05, 4.69) is 38.3 Å². The number of hydrogen-bond acceptors (Lipinski definition) is 2. The standard InChI is InChI=1S/C30H32Cl2N2O/c1-5-16-30(4)19-25(22-9-8-10-24(32)18-22)28(21-12-14-23(31)15-13-21)34(29(30)35)27(20(2)3)26-11-6-7-17-33-26/h5-15,17-18,20,25,27-28H,1,16,19H2,2-4H3/t25-,27-,28-,30+/m1/s1. The Hall–Kier alpha value is -2.62. The van der Waals surface area contributed by atoms with Crippen LogP contribution in [0.25, 0.3) is 0 Å². The Kier molecular flexibility index (Phi) is 7.68. The van der Waals surface area contributed by atoms with Crippen LogP contribution in [-0.4, -0.2) is 15.8 Å². The minimum absolute atomic E-state index is 0.0301. The molecule has 3 aromatic rings. The van der Waals surface area contributed by atoms with Crippen molar-refractivity contribution >= 4 is 29.1 Å². The van der Waals surface area contributed by atoms with E-state index in [9.17, 15) is 4.79 Å². The van der Waals surface area contributed by atoms with Crippen LogP contribution < -0.4 is 0 Å². The van der Waals surface area contributed by atoms with Gasteiger partial charge in [0.1, 0.15) is 0 Å². The number of amides is 1. The predicted molar refractivity (Wildman–Crippen MR) is 145 cm³/mol. The summed E-state index contributed by atoms with van der Waals surface area (Å²) in [6.45, 7) is 10.3. The first-order valence-electron chi connectivity index (χ1n) is 12.1. The highest BCUT2D eigenvalue weighted by Gasteiger charge is 2.52. The molecule has 0 spiro atoms. The van der Waals surface area contributed by atoms with Crippen LogP contribution in [0, 0.1) is 11.3 Å². The molecule has 1 aromatic heterocycles. The number of rotatable bonds is 7. The molecule has 1 saturated heterocycles. The van der Waals surface area contributed by atoms with E-state index in [0.717, 1.165) is 16.8 Å². The van der Waals surface area contributed by atoms with Crippen LogP contribution >= 0.6 is 23.2 Å². The average molecular weight is 508 g/mol. The molecule has 1 aliphatic rings. The van der Waals surface area contributed by atoms with Crippen molar-refractivity contribution in [3.8, 4) is 0 Å².